The fourth-order valence-electron chi connectivity index (χ4n) is 2.68. The number of phenols is 1. The van der Waals surface area contributed by atoms with E-state index in [0.29, 0.717) is 0 Å². The summed E-state index contributed by atoms with van der Waals surface area (Å²) in [6, 6.07) is 7.39. The monoisotopic (exact) mass is 291 g/mol. The SMILES string of the molecule is CC(C)(C)OC(=O)N1CCCC[C@H]1Cc1ccc(O)cc1. The highest BCUT2D eigenvalue weighted by Crippen LogP contribution is 2.23. The van der Waals surface area contributed by atoms with E-state index < -0.39 is 5.60 Å². The van der Waals surface area contributed by atoms with Gasteiger partial charge in [-0.1, -0.05) is 12.1 Å². The van der Waals surface area contributed by atoms with Crippen LogP contribution < -0.4 is 0 Å². The Hall–Kier alpha value is -1.71. The van der Waals surface area contributed by atoms with E-state index >= 15 is 0 Å². The van der Waals surface area contributed by atoms with Crippen LogP contribution in [0.2, 0.25) is 0 Å². The summed E-state index contributed by atoms with van der Waals surface area (Å²) in [6.45, 7) is 6.44. The molecule has 0 aromatic heterocycles. The van der Waals surface area contributed by atoms with E-state index in [-0.39, 0.29) is 17.9 Å². The maximum Gasteiger partial charge on any atom is 0.410 e. The largest absolute Gasteiger partial charge is 0.508 e. The first-order valence-electron chi connectivity index (χ1n) is 7.63. The van der Waals surface area contributed by atoms with Crippen LogP contribution in [0, 0.1) is 0 Å². The van der Waals surface area contributed by atoms with Gasteiger partial charge in [0.1, 0.15) is 11.4 Å². The average Bonchev–Trinajstić information content (AvgIpc) is 2.40. The summed E-state index contributed by atoms with van der Waals surface area (Å²) in [7, 11) is 0. The molecular weight excluding hydrogens is 266 g/mol. The zero-order chi connectivity index (χ0) is 15.5. The van der Waals surface area contributed by atoms with Gasteiger partial charge in [-0.05, 0) is 64.2 Å². The zero-order valence-corrected chi connectivity index (χ0v) is 13.1. The lowest BCUT2D eigenvalue weighted by Crippen LogP contribution is -2.47. The molecule has 0 aliphatic carbocycles. The first-order valence-corrected chi connectivity index (χ1v) is 7.63. The van der Waals surface area contributed by atoms with Gasteiger partial charge in [0, 0.05) is 12.6 Å². The average molecular weight is 291 g/mol. The molecule has 2 rings (SSSR count). The molecule has 21 heavy (non-hydrogen) atoms. The van der Waals surface area contributed by atoms with Gasteiger partial charge in [-0.25, -0.2) is 4.79 Å². The smallest absolute Gasteiger partial charge is 0.410 e. The van der Waals surface area contributed by atoms with E-state index in [0.717, 1.165) is 37.8 Å². The Morgan fingerprint density at radius 2 is 1.95 bits per heavy atom. The van der Waals surface area contributed by atoms with Gasteiger partial charge in [0.2, 0.25) is 0 Å². The summed E-state index contributed by atoms with van der Waals surface area (Å²) in [5.41, 5.74) is 0.672. The van der Waals surface area contributed by atoms with Crippen molar-refractivity contribution in [3.8, 4) is 5.75 Å². The van der Waals surface area contributed by atoms with Crippen molar-refractivity contribution in [3.05, 3.63) is 29.8 Å². The predicted molar refractivity (Wildman–Crippen MR) is 82.4 cm³/mol. The molecule has 1 heterocycles. The second-order valence-corrected chi connectivity index (χ2v) is 6.69. The molecule has 116 valence electrons. The minimum Gasteiger partial charge on any atom is -0.508 e. The van der Waals surface area contributed by atoms with Gasteiger partial charge in [-0.3, -0.25) is 0 Å². The molecule has 0 spiro atoms. The first-order chi connectivity index (χ1) is 9.85. The number of ether oxygens (including phenoxy) is 1. The molecule has 4 heteroatoms. The molecule has 1 N–H and O–H groups in total. The van der Waals surface area contributed by atoms with Gasteiger partial charge >= 0.3 is 6.09 Å². The van der Waals surface area contributed by atoms with Crippen molar-refractivity contribution in [1.29, 1.82) is 0 Å². The van der Waals surface area contributed by atoms with Crippen LogP contribution in [0.5, 0.6) is 5.75 Å². The Morgan fingerprint density at radius 1 is 1.29 bits per heavy atom. The second-order valence-electron chi connectivity index (χ2n) is 6.69. The lowest BCUT2D eigenvalue weighted by Gasteiger charge is -2.37. The van der Waals surface area contributed by atoms with Gasteiger partial charge in [-0.15, -0.1) is 0 Å². The molecule has 1 aliphatic heterocycles. The molecule has 1 saturated heterocycles. The minimum atomic E-state index is -0.461. The summed E-state index contributed by atoms with van der Waals surface area (Å²) in [4.78, 5) is 14.2. The van der Waals surface area contributed by atoms with E-state index in [1.165, 1.54) is 0 Å². The molecule has 1 aliphatic rings. The third-order valence-corrected chi connectivity index (χ3v) is 3.66. The highest BCUT2D eigenvalue weighted by molar-refractivity contribution is 5.68. The van der Waals surface area contributed by atoms with Crippen molar-refractivity contribution in [2.24, 2.45) is 0 Å². The fraction of sp³-hybridized carbons (Fsp3) is 0.588. The maximum absolute atomic E-state index is 12.3. The molecule has 1 amide bonds. The van der Waals surface area contributed by atoms with Crippen LogP contribution in [0.1, 0.15) is 45.6 Å². The molecule has 0 saturated carbocycles. The van der Waals surface area contributed by atoms with Crippen molar-refractivity contribution in [2.75, 3.05) is 6.54 Å². The molecule has 0 bridgehead atoms. The van der Waals surface area contributed by atoms with Crippen molar-refractivity contribution >= 4 is 6.09 Å². The predicted octanol–water partition coefficient (Wildman–Crippen LogP) is 3.72. The lowest BCUT2D eigenvalue weighted by atomic mass is 9.96. The Labute approximate surface area is 126 Å². The number of hydrogen-bond acceptors (Lipinski definition) is 3. The number of rotatable bonds is 2. The Balaban J connectivity index is 2.04. The summed E-state index contributed by atoms with van der Waals surface area (Å²) in [5, 5.41) is 9.35. The van der Waals surface area contributed by atoms with E-state index in [9.17, 15) is 9.90 Å². The van der Waals surface area contributed by atoms with E-state index in [2.05, 4.69) is 0 Å². The lowest BCUT2D eigenvalue weighted by molar-refractivity contribution is 0.00994. The first kappa shape index (κ1) is 15.7. The number of phenolic OH excluding ortho intramolecular Hbond substituents is 1. The number of carbonyl (C=O) groups is 1. The standard InChI is InChI=1S/C17H25NO3/c1-17(2,3)21-16(20)18-11-5-4-6-14(18)12-13-7-9-15(19)10-8-13/h7-10,14,19H,4-6,11-12H2,1-3H3/t14-/m0/s1. The topological polar surface area (TPSA) is 49.8 Å². The maximum atomic E-state index is 12.3. The van der Waals surface area contributed by atoms with Crippen LogP contribution in [-0.2, 0) is 11.2 Å². The van der Waals surface area contributed by atoms with Gasteiger partial charge in [-0.2, -0.15) is 0 Å². The minimum absolute atomic E-state index is 0.179. The van der Waals surface area contributed by atoms with Crippen molar-refractivity contribution in [1.82, 2.24) is 4.90 Å². The van der Waals surface area contributed by atoms with Gasteiger partial charge in [0.25, 0.3) is 0 Å². The quantitative estimate of drug-likeness (QED) is 0.903. The van der Waals surface area contributed by atoms with E-state index in [1.807, 2.05) is 37.8 Å². The molecule has 4 nitrogen and oxygen atoms in total. The highest BCUT2D eigenvalue weighted by Gasteiger charge is 2.30. The third-order valence-electron chi connectivity index (χ3n) is 3.66. The number of nitrogens with zero attached hydrogens (tertiary/aromatic N) is 1. The second kappa shape index (κ2) is 6.37. The fourth-order valence-corrected chi connectivity index (χ4v) is 2.68. The van der Waals surface area contributed by atoms with E-state index in [1.54, 1.807) is 12.1 Å². The van der Waals surface area contributed by atoms with Crippen molar-refractivity contribution < 1.29 is 14.6 Å². The van der Waals surface area contributed by atoms with Crippen molar-refractivity contribution in [3.63, 3.8) is 0 Å². The van der Waals surface area contributed by atoms with Crippen molar-refractivity contribution in [2.45, 2.75) is 58.1 Å². The molecular formula is C17H25NO3. The summed E-state index contributed by atoms with van der Waals surface area (Å²) in [5.74, 6) is 0.270. The molecule has 1 atom stereocenters. The normalized spacial score (nSPS) is 19.4. The molecule has 1 fully saturated rings. The van der Waals surface area contributed by atoms with Crippen LogP contribution in [0.4, 0.5) is 4.79 Å². The van der Waals surface area contributed by atoms with Gasteiger partial charge in [0.05, 0.1) is 0 Å². The van der Waals surface area contributed by atoms with E-state index in [4.69, 9.17) is 4.74 Å². The van der Waals surface area contributed by atoms with Gasteiger partial charge in [0.15, 0.2) is 0 Å². The number of piperidine rings is 1. The van der Waals surface area contributed by atoms with Crippen LogP contribution in [0.3, 0.4) is 0 Å². The number of aromatic hydroxyl groups is 1. The molecule has 1 aromatic rings. The van der Waals surface area contributed by atoms with Crippen LogP contribution in [0.25, 0.3) is 0 Å². The Bertz CT molecular complexity index is 476. The number of hydrogen-bond donors (Lipinski definition) is 1. The molecule has 0 unspecified atom stereocenters. The number of likely N-dealkylation sites (tertiary alicyclic amines) is 1. The Morgan fingerprint density at radius 3 is 2.57 bits per heavy atom. The zero-order valence-electron chi connectivity index (χ0n) is 13.1. The highest BCUT2D eigenvalue weighted by atomic mass is 16.6. The number of carbonyl (C=O) groups excluding carboxylic acids is 1. The van der Waals surface area contributed by atoms with Crippen LogP contribution >= 0.6 is 0 Å². The van der Waals surface area contributed by atoms with Gasteiger partial charge < -0.3 is 14.7 Å². The number of amides is 1. The summed E-state index contributed by atoms with van der Waals surface area (Å²) in [6.07, 6.45) is 3.76. The molecule has 0 radical (unpaired) electrons. The third kappa shape index (κ3) is 4.66. The van der Waals surface area contributed by atoms with Crippen LogP contribution in [0.15, 0.2) is 24.3 Å². The number of benzene rings is 1. The summed E-state index contributed by atoms with van der Waals surface area (Å²) >= 11 is 0. The molecule has 1 aromatic carbocycles. The Kier molecular flexibility index (Phi) is 4.76. The van der Waals surface area contributed by atoms with Crippen LogP contribution in [-0.4, -0.2) is 34.3 Å². The summed E-state index contributed by atoms with van der Waals surface area (Å²) < 4.78 is 5.51.